The van der Waals surface area contributed by atoms with Crippen molar-refractivity contribution in [1.82, 2.24) is 0 Å². The summed E-state index contributed by atoms with van der Waals surface area (Å²) in [6.07, 6.45) is 2.16. The van der Waals surface area contributed by atoms with E-state index >= 15 is 9.18 Å². The molecule has 2 aliphatic carbocycles. The number of hydrogen-bond acceptors (Lipinski definition) is 5. The lowest BCUT2D eigenvalue weighted by atomic mass is 9.49. The van der Waals surface area contributed by atoms with E-state index in [0.717, 1.165) is 15.4 Å². The number of phenols is 1. The van der Waals surface area contributed by atoms with E-state index in [-0.39, 0.29) is 35.9 Å². The lowest BCUT2D eigenvalue weighted by Gasteiger charge is -2.50. The van der Waals surface area contributed by atoms with Gasteiger partial charge in [0.15, 0.2) is 11.6 Å². The van der Waals surface area contributed by atoms with Crippen LogP contribution in [0, 0.1) is 29.5 Å². The lowest BCUT2D eigenvalue weighted by Crippen LogP contribution is -2.53. The monoisotopic (exact) mass is 724 g/mol. The number of halogens is 3. The van der Waals surface area contributed by atoms with Crippen molar-refractivity contribution in [1.29, 1.82) is 0 Å². The zero-order valence-electron chi connectivity index (χ0n) is 25.2. The molecule has 3 fully saturated rings. The second-order valence-electron chi connectivity index (χ2n) is 12.8. The Balaban J connectivity index is 1.36. The van der Waals surface area contributed by atoms with E-state index in [1.165, 1.54) is 11.0 Å². The lowest BCUT2D eigenvalue weighted by molar-refractivity contribution is -0.127. The Kier molecular flexibility index (Phi) is 7.19. The molecule has 2 saturated heterocycles. The molecule has 0 bridgehead atoms. The SMILES string of the molecule is O=C1[C@H]2[C@H](CC=C3[C@H]2C[C@H]2C(=O)N(c4cccc(Cl)c4)C(=O)[C@@]2(c2ccccc2)[C@H]3c2cccc(F)c2O)C(=O)N1c1ccc(Br)cc1. The van der Waals surface area contributed by atoms with Gasteiger partial charge in [-0.25, -0.2) is 9.29 Å². The quantitative estimate of drug-likeness (QED) is 0.176. The van der Waals surface area contributed by atoms with Crippen molar-refractivity contribution in [3.63, 3.8) is 0 Å². The number of rotatable bonds is 4. The molecule has 0 aromatic heterocycles. The minimum atomic E-state index is -1.61. The number of fused-ring (bicyclic) bond motifs is 4. The Labute approximate surface area is 288 Å². The number of carbonyl (C=O) groups excluding carboxylic acids is 4. The summed E-state index contributed by atoms with van der Waals surface area (Å²) in [5.41, 5.74) is 0.403. The molecule has 2 aliphatic heterocycles. The van der Waals surface area contributed by atoms with Gasteiger partial charge in [0.25, 0.3) is 0 Å². The van der Waals surface area contributed by atoms with E-state index in [9.17, 15) is 19.5 Å². The molecule has 8 rings (SSSR count). The van der Waals surface area contributed by atoms with Crippen molar-refractivity contribution in [2.24, 2.45) is 23.7 Å². The average molecular weight is 726 g/mol. The fourth-order valence-corrected chi connectivity index (χ4v) is 9.15. The van der Waals surface area contributed by atoms with Crippen molar-refractivity contribution in [2.45, 2.75) is 24.2 Å². The topological polar surface area (TPSA) is 95.0 Å². The molecule has 0 radical (unpaired) electrons. The zero-order chi connectivity index (χ0) is 33.5. The molecule has 240 valence electrons. The van der Waals surface area contributed by atoms with Crippen molar-refractivity contribution in [3.05, 3.63) is 135 Å². The number of amides is 4. The van der Waals surface area contributed by atoms with Crippen LogP contribution in [0.5, 0.6) is 5.75 Å². The fourth-order valence-electron chi connectivity index (χ4n) is 8.70. The van der Waals surface area contributed by atoms with Crippen LogP contribution in [-0.2, 0) is 24.6 Å². The molecule has 2 heterocycles. The van der Waals surface area contributed by atoms with Crippen LogP contribution in [0.15, 0.2) is 113 Å². The van der Waals surface area contributed by atoms with E-state index in [2.05, 4.69) is 15.9 Å². The molecule has 1 saturated carbocycles. The van der Waals surface area contributed by atoms with Gasteiger partial charge in [0.1, 0.15) is 0 Å². The van der Waals surface area contributed by atoms with Gasteiger partial charge in [-0.1, -0.05) is 87.7 Å². The maximum atomic E-state index is 15.2. The van der Waals surface area contributed by atoms with Gasteiger partial charge in [0.2, 0.25) is 23.6 Å². The average Bonchev–Trinajstić information content (AvgIpc) is 3.47. The summed E-state index contributed by atoms with van der Waals surface area (Å²) in [6.45, 7) is 0. The van der Waals surface area contributed by atoms with E-state index in [1.54, 1.807) is 84.9 Å². The van der Waals surface area contributed by atoms with Crippen molar-refractivity contribution >= 4 is 62.5 Å². The van der Waals surface area contributed by atoms with Gasteiger partial charge in [-0.05, 0) is 72.9 Å². The van der Waals surface area contributed by atoms with Crippen LogP contribution < -0.4 is 9.80 Å². The van der Waals surface area contributed by atoms with E-state index < -0.39 is 58.4 Å². The van der Waals surface area contributed by atoms with Gasteiger partial charge >= 0.3 is 0 Å². The molecule has 4 aromatic carbocycles. The molecular formula is C38H27BrClFN2O5. The van der Waals surface area contributed by atoms with Crippen LogP contribution in [0.3, 0.4) is 0 Å². The highest BCUT2D eigenvalue weighted by molar-refractivity contribution is 9.10. The number of allylic oxidation sites excluding steroid dienone is 2. The third-order valence-corrected chi connectivity index (χ3v) is 11.3. The predicted molar refractivity (Wildman–Crippen MR) is 181 cm³/mol. The largest absolute Gasteiger partial charge is 0.505 e. The molecule has 4 amide bonds. The first-order valence-electron chi connectivity index (χ1n) is 15.6. The van der Waals surface area contributed by atoms with Crippen LogP contribution in [0.25, 0.3) is 0 Å². The van der Waals surface area contributed by atoms with Gasteiger partial charge < -0.3 is 5.11 Å². The summed E-state index contributed by atoms with van der Waals surface area (Å²) in [4.78, 5) is 60.5. The summed E-state index contributed by atoms with van der Waals surface area (Å²) in [7, 11) is 0. The summed E-state index contributed by atoms with van der Waals surface area (Å²) in [5, 5.41) is 11.7. The van der Waals surface area contributed by atoms with E-state index in [1.807, 2.05) is 6.08 Å². The summed E-state index contributed by atoms with van der Waals surface area (Å²) < 4.78 is 16.0. The third-order valence-electron chi connectivity index (χ3n) is 10.6. The number of para-hydroxylation sites is 1. The maximum Gasteiger partial charge on any atom is 0.246 e. The van der Waals surface area contributed by atoms with Crippen molar-refractivity contribution in [2.75, 3.05) is 9.80 Å². The first-order chi connectivity index (χ1) is 23.1. The summed E-state index contributed by atoms with van der Waals surface area (Å²) in [5.74, 6) is -7.47. The minimum absolute atomic E-state index is 0.0866. The molecule has 48 heavy (non-hydrogen) atoms. The third kappa shape index (κ3) is 4.23. The molecule has 0 spiro atoms. The van der Waals surface area contributed by atoms with Crippen molar-refractivity contribution in [3.8, 4) is 5.75 Å². The molecular weight excluding hydrogens is 699 g/mol. The number of hydrogen-bond donors (Lipinski definition) is 1. The molecule has 4 aliphatic rings. The van der Waals surface area contributed by atoms with Crippen LogP contribution >= 0.6 is 27.5 Å². The number of carbonyl (C=O) groups is 4. The Morgan fingerprint density at radius 2 is 1.52 bits per heavy atom. The highest BCUT2D eigenvalue weighted by atomic mass is 79.9. The highest BCUT2D eigenvalue weighted by Crippen LogP contribution is 2.65. The fraction of sp³-hybridized carbons (Fsp3) is 0.211. The Morgan fingerprint density at radius 3 is 2.25 bits per heavy atom. The Bertz CT molecular complexity index is 2070. The normalized spacial score (nSPS) is 27.9. The maximum absolute atomic E-state index is 15.2. The number of nitrogens with zero attached hydrogens (tertiary/aromatic N) is 2. The van der Waals surface area contributed by atoms with Crippen molar-refractivity contribution < 1.29 is 28.7 Å². The second-order valence-corrected chi connectivity index (χ2v) is 14.1. The van der Waals surface area contributed by atoms with E-state index in [4.69, 9.17) is 11.6 Å². The number of phenolic OH excluding ortho intramolecular Hbond substituents is 1. The Morgan fingerprint density at radius 1 is 0.792 bits per heavy atom. The predicted octanol–water partition coefficient (Wildman–Crippen LogP) is 7.31. The first-order valence-corrected chi connectivity index (χ1v) is 16.8. The van der Waals surface area contributed by atoms with Crippen LogP contribution in [-0.4, -0.2) is 28.7 Å². The van der Waals surface area contributed by atoms with Crippen LogP contribution in [0.4, 0.5) is 15.8 Å². The molecule has 6 atom stereocenters. The van der Waals surface area contributed by atoms with Gasteiger partial charge in [-0.2, -0.15) is 0 Å². The zero-order valence-corrected chi connectivity index (χ0v) is 27.6. The van der Waals surface area contributed by atoms with Gasteiger partial charge in [-0.3, -0.25) is 24.1 Å². The van der Waals surface area contributed by atoms with Gasteiger partial charge in [0.05, 0.1) is 34.5 Å². The molecule has 1 N–H and O–H groups in total. The van der Waals surface area contributed by atoms with E-state index in [0.29, 0.717) is 21.8 Å². The van der Waals surface area contributed by atoms with Gasteiger partial charge in [-0.15, -0.1) is 0 Å². The number of anilines is 2. The number of aromatic hydroxyl groups is 1. The molecule has 7 nitrogen and oxygen atoms in total. The van der Waals surface area contributed by atoms with Crippen LogP contribution in [0.1, 0.15) is 29.9 Å². The summed E-state index contributed by atoms with van der Waals surface area (Å²) >= 11 is 9.74. The Hall–Kier alpha value is -4.60. The minimum Gasteiger partial charge on any atom is -0.505 e. The standard InChI is InChI=1S/C38H27BrClFN2O5/c39-21-12-14-23(15-13-21)42-34(45)26-17-16-25-28(31(26)36(42)47)19-29-35(46)43(24-9-4-8-22(40)18-24)37(48)38(29,20-6-2-1-3-7-20)32(25)27-10-5-11-30(41)33(27)44/h1-16,18,26,28-29,31-32,44H,17,19H2/t26-,28+,29-,31-,32+,38+/m0/s1. The summed E-state index contributed by atoms with van der Waals surface area (Å²) in [6, 6.07) is 26.4. The van der Waals surface area contributed by atoms with Gasteiger partial charge in [0, 0.05) is 21.0 Å². The smallest absolute Gasteiger partial charge is 0.246 e. The molecule has 4 aromatic rings. The number of benzene rings is 4. The highest BCUT2D eigenvalue weighted by Gasteiger charge is 2.70. The molecule has 0 unspecified atom stereocenters. The van der Waals surface area contributed by atoms with Crippen LogP contribution in [0.2, 0.25) is 5.02 Å². The molecule has 10 heteroatoms. The second kappa shape index (κ2) is 11.2. The number of imide groups is 2. The first kappa shape index (κ1) is 30.7.